The van der Waals surface area contributed by atoms with E-state index in [-0.39, 0.29) is 22.7 Å². The first-order valence-corrected chi connectivity index (χ1v) is 7.56. The first-order chi connectivity index (χ1) is 11.6. The highest BCUT2D eigenvalue weighted by Crippen LogP contribution is 2.15. The van der Waals surface area contributed by atoms with Crippen molar-refractivity contribution in [2.75, 3.05) is 5.32 Å². The molecule has 2 rings (SSSR count). The lowest BCUT2D eigenvalue weighted by Crippen LogP contribution is -2.28. The van der Waals surface area contributed by atoms with Crippen LogP contribution in [0.4, 0.5) is 5.82 Å². The first-order valence-electron chi connectivity index (χ1n) is 7.56. The number of anilines is 1. The predicted molar refractivity (Wildman–Crippen MR) is 94.5 cm³/mol. The average Bonchev–Trinajstić information content (AvgIpc) is 2.52. The third-order valence-corrected chi connectivity index (χ3v) is 3.25. The fraction of sp³-hybridized carbons (Fsp3) is 0.211. The lowest BCUT2D eigenvalue weighted by Gasteiger charge is -2.17. The number of pyridine rings is 1. The molecule has 3 N–H and O–H groups in total. The zero-order valence-corrected chi connectivity index (χ0v) is 14.1. The van der Waals surface area contributed by atoms with Crippen molar-refractivity contribution in [1.29, 1.82) is 0 Å². The molecule has 6 nitrogen and oxygen atoms in total. The fourth-order valence-electron chi connectivity index (χ4n) is 1.82. The highest BCUT2D eigenvalue weighted by atomic mass is 16.4. The van der Waals surface area contributed by atoms with Crippen LogP contribution in [0.25, 0.3) is 0 Å². The molecule has 0 spiro atoms. The molecule has 0 aliphatic carbocycles. The normalized spacial score (nSPS) is 10.5. The molecule has 1 amide bonds. The molecule has 0 saturated heterocycles. The van der Waals surface area contributed by atoms with Gasteiger partial charge in [-0.2, -0.15) is 0 Å². The van der Waals surface area contributed by atoms with Gasteiger partial charge < -0.3 is 15.4 Å². The summed E-state index contributed by atoms with van der Waals surface area (Å²) < 4.78 is 0. The van der Waals surface area contributed by atoms with E-state index in [0.29, 0.717) is 11.3 Å². The van der Waals surface area contributed by atoms with Crippen LogP contribution in [0.3, 0.4) is 0 Å². The Bertz CT molecular complexity index is 923. The van der Waals surface area contributed by atoms with Gasteiger partial charge in [-0.05, 0) is 30.2 Å². The van der Waals surface area contributed by atoms with Gasteiger partial charge in [-0.3, -0.25) is 9.59 Å². The molecular formula is C19H18N2O4. The number of aromatic nitrogens is 1. The Kier molecular flexibility index (Phi) is 5.08. The van der Waals surface area contributed by atoms with Gasteiger partial charge in [0.1, 0.15) is 5.82 Å². The summed E-state index contributed by atoms with van der Waals surface area (Å²) in [6.45, 7) is 5.31. The van der Waals surface area contributed by atoms with Crippen LogP contribution in [0, 0.1) is 17.3 Å². The Morgan fingerprint density at radius 1 is 1.08 bits per heavy atom. The molecule has 0 aliphatic rings. The van der Waals surface area contributed by atoms with Gasteiger partial charge in [0.15, 0.2) is 5.43 Å². The number of hydrogen-bond acceptors (Lipinski definition) is 3. The second-order valence-corrected chi connectivity index (χ2v) is 6.48. The molecule has 0 saturated carbocycles. The van der Waals surface area contributed by atoms with E-state index in [4.69, 9.17) is 5.11 Å². The third-order valence-electron chi connectivity index (χ3n) is 3.25. The van der Waals surface area contributed by atoms with E-state index in [9.17, 15) is 14.4 Å². The lowest BCUT2D eigenvalue weighted by atomic mass is 9.96. The fourth-order valence-corrected chi connectivity index (χ4v) is 1.82. The Morgan fingerprint density at radius 2 is 1.72 bits per heavy atom. The topological polar surface area (TPSA) is 99.3 Å². The lowest BCUT2D eigenvalue weighted by molar-refractivity contribution is -0.123. The van der Waals surface area contributed by atoms with Gasteiger partial charge >= 0.3 is 5.97 Å². The van der Waals surface area contributed by atoms with E-state index in [2.05, 4.69) is 22.1 Å². The van der Waals surface area contributed by atoms with Crippen LogP contribution >= 0.6 is 0 Å². The number of nitrogens with one attached hydrogen (secondary N) is 2. The van der Waals surface area contributed by atoms with E-state index in [0.717, 1.165) is 0 Å². The van der Waals surface area contributed by atoms with Crippen molar-refractivity contribution in [3.05, 3.63) is 63.4 Å². The van der Waals surface area contributed by atoms with Gasteiger partial charge in [-0.25, -0.2) is 4.79 Å². The van der Waals surface area contributed by atoms with Gasteiger partial charge in [-0.15, -0.1) is 0 Å². The van der Waals surface area contributed by atoms with E-state index in [1.807, 2.05) is 0 Å². The van der Waals surface area contributed by atoms with Gasteiger partial charge in [0.25, 0.3) is 0 Å². The quantitative estimate of drug-likeness (QED) is 0.732. The van der Waals surface area contributed by atoms with Crippen molar-refractivity contribution in [3.8, 4) is 11.8 Å². The number of rotatable bonds is 2. The summed E-state index contributed by atoms with van der Waals surface area (Å²) in [4.78, 5) is 37.5. The van der Waals surface area contributed by atoms with E-state index < -0.39 is 11.4 Å². The average molecular weight is 338 g/mol. The number of aromatic amines is 1. The van der Waals surface area contributed by atoms with Crippen molar-refractivity contribution in [2.24, 2.45) is 5.41 Å². The summed E-state index contributed by atoms with van der Waals surface area (Å²) in [6.07, 6.45) is 0. The van der Waals surface area contributed by atoms with Crippen LogP contribution in [0.5, 0.6) is 0 Å². The summed E-state index contributed by atoms with van der Waals surface area (Å²) >= 11 is 0. The van der Waals surface area contributed by atoms with E-state index >= 15 is 0 Å². The SMILES string of the molecule is CC(C)(C)C(=O)Nc1cc(=O)cc(C#Cc2ccc(C(=O)O)cc2)[nH]1. The smallest absolute Gasteiger partial charge is 0.335 e. The molecule has 0 atom stereocenters. The number of carboxylic acid groups (broad SMARTS) is 1. The van der Waals surface area contributed by atoms with Crippen molar-refractivity contribution in [2.45, 2.75) is 20.8 Å². The minimum absolute atomic E-state index is 0.172. The molecule has 128 valence electrons. The third kappa shape index (κ3) is 5.08. The predicted octanol–water partition coefficient (Wildman–Crippen LogP) is 2.46. The Hall–Kier alpha value is -3.33. The summed E-state index contributed by atoms with van der Waals surface area (Å²) in [5.74, 6) is 4.68. The van der Waals surface area contributed by atoms with Gasteiger partial charge in [0.05, 0.1) is 11.3 Å². The van der Waals surface area contributed by atoms with Crippen molar-refractivity contribution < 1.29 is 14.7 Å². The molecule has 0 bridgehead atoms. The zero-order valence-electron chi connectivity index (χ0n) is 14.1. The van der Waals surface area contributed by atoms with Crippen LogP contribution in [-0.2, 0) is 4.79 Å². The molecule has 1 aromatic heterocycles. The summed E-state index contributed by atoms with van der Waals surface area (Å²) in [5, 5.41) is 11.5. The number of carbonyl (C=O) groups excluding carboxylic acids is 1. The molecule has 0 unspecified atom stereocenters. The number of amides is 1. The van der Waals surface area contributed by atoms with E-state index in [1.54, 1.807) is 32.9 Å². The standard InChI is InChI=1S/C19H18N2O4/c1-19(2,3)18(25)21-16-11-15(22)10-14(20-16)9-6-12-4-7-13(8-5-12)17(23)24/h4-5,7-8,10-11H,1-3H3,(H,23,24)(H2,20,21,22,25). The van der Waals surface area contributed by atoms with Crippen molar-refractivity contribution >= 4 is 17.7 Å². The second-order valence-electron chi connectivity index (χ2n) is 6.48. The van der Waals surface area contributed by atoms with Crippen LogP contribution in [0.1, 0.15) is 42.4 Å². The number of hydrogen-bond donors (Lipinski definition) is 3. The maximum Gasteiger partial charge on any atom is 0.335 e. The summed E-state index contributed by atoms with van der Waals surface area (Å²) in [7, 11) is 0. The van der Waals surface area contributed by atoms with Gasteiger partial charge in [0.2, 0.25) is 5.91 Å². The molecule has 0 aliphatic heterocycles. The van der Waals surface area contributed by atoms with Gasteiger partial charge in [-0.1, -0.05) is 26.7 Å². The first kappa shape index (κ1) is 18.0. The molecule has 6 heteroatoms. The molecular weight excluding hydrogens is 320 g/mol. The molecule has 1 aromatic carbocycles. The van der Waals surface area contributed by atoms with Crippen LogP contribution < -0.4 is 10.7 Å². The van der Waals surface area contributed by atoms with Crippen LogP contribution in [0.15, 0.2) is 41.2 Å². The maximum absolute atomic E-state index is 12.0. The van der Waals surface area contributed by atoms with Crippen LogP contribution in [0.2, 0.25) is 0 Å². The van der Waals surface area contributed by atoms with Crippen molar-refractivity contribution in [3.63, 3.8) is 0 Å². The van der Waals surface area contributed by atoms with E-state index in [1.165, 1.54) is 24.3 Å². The number of aromatic carboxylic acids is 1. The highest BCUT2D eigenvalue weighted by Gasteiger charge is 2.21. The Morgan fingerprint density at radius 3 is 2.28 bits per heavy atom. The Balaban J connectivity index is 2.25. The molecule has 0 fully saturated rings. The maximum atomic E-state index is 12.0. The Labute approximate surface area is 144 Å². The molecule has 2 aromatic rings. The molecule has 1 heterocycles. The number of benzene rings is 1. The zero-order chi connectivity index (χ0) is 18.6. The second kappa shape index (κ2) is 7.05. The minimum Gasteiger partial charge on any atom is -0.478 e. The highest BCUT2D eigenvalue weighted by molar-refractivity contribution is 5.93. The van der Waals surface area contributed by atoms with Gasteiger partial charge in [0, 0.05) is 23.1 Å². The molecule has 0 radical (unpaired) electrons. The van der Waals surface area contributed by atoms with Crippen LogP contribution in [-0.4, -0.2) is 22.0 Å². The number of H-pyrrole nitrogens is 1. The summed E-state index contributed by atoms with van der Waals surface area (Å²) in [5.41, 5.74) is 0.248. The number of carbonyl (C=O) groups is 2. The monoisotopic (exact) mass is 338 g/mol. The minimum atomic E-state index is -1.01. The summed E-state index contributed by atoms with van der Waals surface area (Å²) in [6, 6.07) is 8.69. The number of carboxylic acids is 1. The molecule has 25 heavy (non-hydrogen) atoms. The largest absolute Gasteiger partial charge is 0.478 e. The van der Waals surface area contributed by atoms with Crippen molar-refractivity contribution in [1.82, 2.24) is 4.98 Å².